The Bertz CT molecular complexity index is 849. The number of rotatable bonds is 3. The van der Waals surface area contributed by atoms with Gasteiger partial charge in [0.1, 0.15) is 17.3 Å². The van der Waals surface area contributed by atoms with Gasteiger partial charge in [0.25, 0.3) is 0 Å². The summed E-state index contributed by atoms with van der Waals surface area (Å²) in [7, 11) is 0. The Kier molecular flexibility index (Phi) is 5.22. The second-order valence-corrected chi connectivity index (χ2v) is 5.60. The Balaban J connectivity index is 2.44. The molecule has 1 amide bonds. The lowest BCUT2D eigenvalue weighted by Crippen LogP contribution is -2.27. The van der Waals surface area contributed by atoms with Crippen LogP contribution in [0, 0.1) is 30.2 Å². The van der Waals surface area contributed by atoms with E-state index in [9.17, 15) is 35.5 Å². The summed E-state index contributed by atoms with van der Waals surface area (Å²) in [6.45, 7) is 2.69. The molecule has 4 nitrogen and oxygen atoms in total. The van der Waals surface area contributed by atoms with Gasteiger partial charge < -0.3 is 5.32 Å². The third kappa shape index (κ3) is 3.35. The molecule has 0 aliphatic carbocycles. The first-order valence-corrected chi connectivity index (χ1v) is 7.19. The van der Waals surface area contributed by atoms with Gasteiger partial charge in [-0.25, -0.2) is 17.6 Å². The van der Waals surface area contributed by atoms with Crippen molar-refractivity contribution >= 4 is 23.2 Å². The van der Waals surface area contributed by atoms with Crippen LogP contribution in [0.15, 0.2) is 6.20 Å². The number of carbonyl (C=O) groups is 1. The zero-order valence-electron chi connectivity index (χ0n) is 13.0. The number of hydrogen-bond acceptors (Lipinski definition) is 2. The van der Waals surface area contributed by atoms with Crippen LogP contribution in [-0.4, -0.2) is 15.7 Å². The average Bonchev–Trinajstić information content (AvgIpc) is 2.87. The molecule has 2 rings (SSSR count). The highest BCUT2D eigenvalue weighted by atomic mass is 35.5. The number of anilines is 1. The molecule has 0 aliphatic heterocycles. The highest BCUT2D eigenvalue weighted by Crippen LogP contribution is 2.38. The number of benzene rings is 1. The largest absolute Gasteiger partial charge is 0.422 e. The minimum Gasteiger partial charge on any atom is -0.319 e. The molecule has 0 spiro atoms. The molecule has 0 radical (unpaired) electrons. The summed E-state index contributed by atoms with van der Waals surface area (Å²) in [5, 5.41) is 5.45. The molecule has 1 aromatic carbocycles. The topological polar surface area (TPSA) is 46.9 Å². The van der Waals surface area contributed by atoms with Crippen molar-refractivity contribution in [3.63, 3.8) is 0 Å². The van der Waals surface area contributed by atoms with E-state index in [-0.39, 0.29) is 5.02 Å². The standard InChI is InChI=1S/C14H9ClF7N3O/c1-4-6(15)3-23-25(4)5(2)13(26)24-12-10(18)8(16)7(14(20,21)22)9(17)11(12)19/h3,5H,1-2H3,(H,24,26). The van der Waals surface area contributed by atoms with E-state index in [2.05, 4.69) is 5.10 Å². The van der Waals surface area contributed by atoms with Crippen LogP contribution in [0.1, 0.15) is 24.2 Å². The fourth-order valence-corrected chi connectivity index (χ4v) is 2.25. The first-order chi connectivity index (χ1) is 11.9. The van der Waals surface area contributed by atoms with E-state index in [1.807, 2.05) is 0 Å². The average molecular weight is 404 g/mol. The predicted octanol–water partition coefficient (Wildman–Crippen LogP) is 4.62. The molecule has 26 heavy (non-hydrogen) atoms. The van der Waals surface area contributed by atoms with Gasteiger partial charge in [-0.3, -0.25) is 9.48 Å². The van der Waals surface area contributed by atoms with Crippen molar-refractivity contribution in [3.05, 3.63) is 45.7 Å². The number of hydrogen-bond donors (Lipinski definition) is 1. The van der Waals surface area contributed by atoms with Gasteiger partial charge in [0.15, 0.2) is 23.3 Å². The maximum atomic E-state index is 13.8. The van der Waals surface area contributed by atoms with Crippen LogP contribution in [0.4, 0.5) is 36.4 Å². The van der Waals surface area contributed by atoms with Crippen LogP contribution in [0.3, 0.4) is 0 Å². The van der Waals surface area contributed by atoms with Crippen LogP contribution in [0.2, 0.25) is 5.02 Å². The lowest BCUT2D eigenvalue weighted by Gasteiger charge is -2.17. The van der Waals surface area contributed by atoms with Gasteiger partial charge in [0.2, 0.25) is 5.91 Å². The molecule has 1 heterocycles. The van der Waals surface area contributed by atoms with Crippen LogP contribution in [0.25, 0.3) is 0 Å². The maximum absolute atomic E-state index is 13.8. The Morgan fingerprint density at radius 3 is 2.04 bits per heavy atom. The van der Waals surface area contributed by atoms with E-state index in [0.717, 1.165) is 4.68 Å². The molecular formula is C14H9ClF7N3O. The summed E-state index contributed by atoms with van der Waals surface area (Å²) in [5.74, 6) is -11.3. The maximum Gasteiger partial charge on any atom is 0.422 e. The van der Waals surface area contributed by atoms with Crippen molar-refractivity contribution in [3.8, 4) is 0 Å². The van der Waals surface area contributed by atoms with Gasteiger partial charge in [-0.15, -0.1) is 0 Å². The molecule has 0 saturated carbocycles. The number of alkyl halides is 3. The fraction of sp³-hybridized carbons (Fsp3) is 0.286. The Morgan fingerprint density at radius 1 is 1.15 bits per heavy atom. The second-order valence-electron chi connectivity index (χ2n) is 5.19. The minimum absolute atomic E-state index is 0.175. The van der Waals surface area contributed by atoms with Gasteiger partial charge in [-0.1, -0.05) is 11.6 Å². The monoisotopic (exact) mass is 403 g/mol. The number of nitrogens with one attached hydrogen (secondary N) is 1. The molecular weight excluding hydrogens is 395 g/mol. The Labute approximate surface area is 146 Å². The van der Waals surface area contributed by atoms with Crippen LogP contribution in [-0.2, 0) is 11.0 Å². The molecule has 12 heteroatoms. The zero-order valence-corrected chi connectivity index (χ0v) is 13.7. The molecule has 1 unspecified atom stereocenters. The van der Waals surface area contributed by atoms with E-state index < -0.39 is 52.6 Å². The third-order valence-electron chi connectivity index (χ3n) is 3.53. The van der Waals surface area contributed by atoms with Crippen molar-refractivity contribution in [2.75, 3.05) is 5.32 Å². The van der Waals surface area contributed by atoms with Crippen molar-refractivity contribution in [2.45, 2.75) is 26.1 Å². The number of halogens is 8. The van der Waals surface area contributed by atoms with E-state index in [4.69, 9.17) is 11.6 Å². The number of aromatic nitrogens is 2. The third-order valence-corrected chi connectivity index (χ3v) is 3.90. The summed E-state index contributed by atoms with van der Waals surface area (Å²) in [4.78, 5) is 12.1. The zero-order chi connectivity index (χ0) is 20.0. The van der Waals surface area contributed by atoms with Gasteiger partial charge >= 0.3 is 6.18 Å². The highest BCUT2D eigenvalue weighted by Gasteiger charge is 2.42. The quantitative estimate of drug-likeness (QED) is 0.600. The summed E-state index contributed by atoms with van der Waals surface area (Å²) >= 11 is 5.75. The first kappa shape index (κ1) is 20.0. The fourth-order valence-electron chi connectivity index (χ4n) is 2.12. The van der Waals surface area contributed by atoms with E-state index >= 15 is 0 Å². The minimum atomic E-state index is -5.67. The van der Waals surface area contributed by atoms with Crippen molar-refractivity contribution in [2.24, 2.45) is 0 Å². The van der Waals surface area contributed by atoms with Crippen LogP contribution < -0.4 is 5.32 Å². The number of nitrogens with zero attached hydrogens (tertiary/aromatic N) is 2. The second kappa shape index (κ2) is 6.78. The van der Waals surface area contributed by atoms with Crippen LogP contribution >= 0.6 is 11.6 Å². The van der Waals surface area contributed by atoms with Crippen molar-refractivity contribution < 1.29 is 35.5 Å². The Morgan fingerprint density at radius 2 is 1.65 bits per heavy atom. The molecule has 0 saturated heterocycles. The molecule has 1 N–H and O–H groups in total. The first-order valence-electron chi connectivity index (χ1n) is 6.81. The molecule has 2 aromatic rings. The molecule has 0 fully saturated rings. The summed E-state index contributed by atoms with van der Waals surface area (Å²) in [6, 6.07) is -1.24. The van der Waals surface area contributed by atoms with Crippen molar-refractivity contribution in [1.29, 1.82) is 0 Å². The van der Waals surface area contributed by atoms with E-state index in [0.29, 0.717) is 5.69 Å². The Hall–Kier alpha value is -2.30. The normalized spacial score (nSPS) is 13.0. The molecule has 1 atom stereocenters. The smallest absolute Gasteiger partial charge is 0.319 e. The molecule has 0 bridgehead atoms. The van der Waals surface area contributed by atoms with Crippen LogP contribution in [0.5, 0.6) is 0 Å². The SMILES string of the molecule is Cc1c(Cl)cnn1C(C)C(=O)Nc1c(F)c(F)c(C(F)(F)F)c(F)c1F. The molecule has 1 aromatic heterocycles. The highest BCUT2D eigenvalue weighted by molar-refractivity contribution is 6.31. The molecule has 142 valence electrons. The molecule has 0 aliphatic rings. The lowest BCUT2D eigenvalue weighted by atomic mass is 10.1. The van der Waals surface area contributed by atoms with Crippen molar-refractivity contribution in [1.82, 2.24) is 9.78 Å². The predicted molar refractivity (Wildman–Crippen MR) is 76.6 cm³/mol. The van der Waals surface area contributed by atoms with Gasteiger partial charge in [0.05, 0.1) is 16.9 Å². The summed E-state index contributed by atoms with van der Waals surface area (Å²) in [6.07, 6.45) is -4.49. The van der Waals surface area contributed by atoms with Gasteiger partial charge in [-0.05, 0) is 13.8 Å². The van der Waals surface area contributed by atoms with Gasteiger partial charge in [0, 0.05) is 0 Å². The number of amides is 1. The lowest BCUT2D eigenvalue weighted by molar-refractivity contribution is -0.143. The summed E-state index contributed by atoms with van der Waals surface area (Å²) in [5.41, 5.74) is -4.10. The van der Waals surface area contributed by atoms with E-state index in [1.165, 1.54) is 25.4 Å². The number of carbonyl (C=O) groups excluding carboxylic acids is 1. The van der Waals surface area contributed by atoms with Gasteiger partial charge in [-0.2, -0.15) is 18.3 Å². The van der Waals surface area contributed by atoms with E-state index in [1.54, 1.807) is 0 Å². The summed E-state index contributed by atoms with van der Waals surface area (Å²) < 4.78 is 93.4.